The lowest BCUT2D eigenvalue weighted by atomic mass is 10.2. The second-order valence-corrected chi connectivity index (χ2v) is 5.43. The Kier molecular flexibility index (Phi) is 4.58. The first kappa shape index (κ1) is 13.6. The molecule has 1 aromatic carbocycles. The molecule has 0 spiro atoms. The van der Waals surface area contributed by atoms with Gasteiger partial charge in [-0.25, -0.2) is 0 Å². The average Bonchev–Trinajstić information content (AvgIpc) is 2.39. The third-order valence-electron chi connectivity index (χ3n) is 2.72. The summed E-state index contributed by atoms with van der Waals surface area (Å²) >= 11 is 1.85. The molecule has 3 nitrogen and oxygen atoms in total. The summed E-state index contributed by atoms with van der Waals surface area (Å²) in [6, 6.07) is 12.4. The van der Waals surface area contributed by atoms with Crippen molar-refractivity contribution in [3.05, 3.63) is 65.0 Å². The van der Waals surface area contributed by atoms with Crippen LogP contribution in [-0.4, -0.2) is 10.8 Å². The van der Waals surface area contributed by atoms with Crippen molar-refractivity contribution in [2.45, 2.75) is 18.4 Å². The number of nitrogen functional groups attached to an aromatic ring is 1. The van der Waals surface area contributed by atoms with Crippen molar-refractivity contribution in [3.63, 3.8) is 0 Å². The van der Waals surface area contributed by atoms with E-state index in [-0.39, 0.29) is 5.84 Å². The van der Waals surface area contributed by atoms with E-state index in [1.807, 2.05) is 23.9 Å². The van der Waals surface area contributed by atoms with Crippen LogP contribution in [0.25, 0.3) is 0 Å². The monoisotopic (exact) mass is 271 g/mol. The summed E-state index contributed by atoms with van der Waals surface area (Å²) in [6.07, 6.45) is 1.71. The first-order chi connectivity index (χ1) is 9.15. The van der Waals surface area contributed by atoms with Crippen LogP contribution in [0, 0.1) is 12.3 Å². The zero-order chi connectivity index (χ0) is 13.7. The highest BCUT2D eigenvalue weighted by Gasteiger charge is 2.01. The number of aryl methyl sites for hydroxylation is 1. The molecule has 98 valence electrons. The van der Waals surface area contributed by atoms with E-state index < -0.39 is 0 Å². The van der Waals surface area contributed by atoms with Gasteiger partial charge in [0.05, 0.1) is 0 Å². The maximum Gasteiger partial charge on any atom is 0.141 e. The maximum absolute atomic E-state index is 7.38. The summed E-state index contributed by atoms with van der Waals surface area (Å²) < 4.78 is 0. The van der Waals surface area contributed by atoms with Gasteiger partial charge < -0.3 is 5.73 Å². The van der Waals surface area contributed by atoms with E-state index in [2.05, 4.69) is 36.2 Å². The van der Waals surface area contributed by atoms with Crippen LogP contribution in [0.4, 0.5) is 0 Å². The number of hydrogen-bond acceptors (Lipinski definition) is 3. The molecule has 0 fully saturated rings. The molecule has 0 aliphatic rings. The average molecular weight is 271 g/mol. The van der Waals surface area contributed by atoms with Gasteiger partial charge in [-0.05, 0) is 30.2 Å². The summed E-state index contributed by atoms with van der Waals surface area (Å²) in [5, 5.41) is 7.38. The zero-order valence-electron chi connectivity index (χ0n) is 10.9. The SMILES string of the molecule is Cc1cccc(CSCc2ccnc(C(=N)N)c2)c1. The molecule has 1 aromatic heterocycles. The predicted molar refractivity (Wildman–Crippen MR) is 81.4 cm³/mol. The number of pyridine rings is 1. The van der Waals surface area contributed by atoms with Crippen molar-refractivity contribution in [1.29, 1.82) is 5.41 Å². The molecule has 0 saturated carbocycles. The number of amidine groups is 1. The standard InChI is InChI=1S/C15H17N3S/c1-11-3-2-4-12(7-11)9-19-10-13-5-6-18-14(8-13)15(16)17/h2-8H,9-10H2,1H3,(H3,16,17). The molecular formula is C15H17N3S. The number of hydrogen-bond donors (Lipinski definition) is 2. The quantitative estimate of drug-likeness (QED) is 0.649. The topological polar surface area (TPSA) is 62.8 Å². The largest absolute Gasteiger partial charge is 0.382 e. The van der Waals surface area contributed by atoms with Gasteiger partial charge in [0.25, 0.3) is 0 Å². The van der Waals surface area contributed by atoms with E-state index in [1.54, 1.807) is 6.20 Å². The van der Waals surface area contributed by atoms with Gasteiger partial charge in [-0.2, -0.15) is 11.8 Å². The molecular weight excluding hydrogens is 254 g/mol. The van der Waals surface area contributed by atoms with Crippen LogP contribution in [0.2, 0.25) is 0 Å². The van der Waals surface area contributed by atoms with Gasteiger partial charge in [-0.3, -0.25) is 10.4 Å². The van der Waals surface area contributed by atoms with Crippen LogP contribution in [0.5, 0.6) is 0 Å². The fraction of sp³-hybridized carbons (Fsp3) is 0.200. The molecule has 0 radical (unpaired) electrons. The van der Waals surface area contributed by atoms with Crippen LogP contribution < -0.4 is 5.73 Å². The highest BCUT2D eigenvalue weighted by Crippen LogP contribution is 2.18. The van der Waals surface area contributed by atoms with Gasteiger partial charge >= 0.3 is 0 Å². The summed E-state index contributed by atoms with van der Waals surface area (Å²) in [4.78, 5) is 4.06. The van der Waals surface area contributed by atoms with Gasteiger partial charge in [0.1, 0.15) is 11.5 Å². The lowest BCUT2D eigenvalue weighted by Crippen LogP contribution is -2.13. The van der Waals surface area contributed by atoms with Gasteiger partial charge in [0.2, 0.25) is 0 Å². The number of nitrogens with zero attached hydrogens (tertiary/aromatic N) is 1. The molecule has 0 bridgehead atoms. The van der Waals surface area contributed by atoms with Gasteiger partial charge in [0.15, 0.2) is 0 Å². The molecule has 3 N–H and O–H groups in total. The van der Waals surface area contributed by atoms with Gasteiger partial charge in [-0.1, -0.05) is 29.8 Å². The van der Waals surface area contributed by atoms with E-state index in [1.165, 1.54) is 11.1 Å². The Morgan fingerprint density at radius 3 is 2.63 bits per heavy atom. The highest BCUT2D eigenvalue weighted by atomic mass is 32.2. The molecule has 0 aliphatic heterocycles. The Bertz CT molecular complexity index is 581. The molecule has 19 heavy (non-hydrogen) atoms. The molecule has 4 heteroatoms. The van der Waals surface area contributed by atoms with Crippen LogP contribution in [0.15, 0.2) is 42.6 Å². The highest BCUT2D eigenvalue weighted by molar-refractivity contribution is 7.97. The van der Waals surface area contributed by atoms with Crippen molar-refractivity contribution in [1.82, 2.24) is 4.98 Å². The third-order valence-corrected chi connectivity index (χ3v) is 3.80. The number of thioether (sulfide) groups is 1. The molecule has 1 heterocycles. The van der Waals surface area contributed by atoms with E-state index >= 15 is 0 Å². The minimum absolute atomic E-state index is 0.0190. The molecule has 2 aromatic rings. The first-order valence-corrected chi connectivity index (χ1v) is 7.23. The van der Waals surface area contributed by atoms with E-state index in [0.29, 0.717) is 5.69 Å². The van der Waals surface area contributed by atoms with Crippen molar-refractivity contribution in [2.24, 2.45) is 5.73 Å². The van der Waals surface area contributed by atoms with Crippen LogP contribution in [-0.2, 0) is 11.5 Å². The lowest BCUT2D eigenvalue weighted by molar-refractivity contribution is 1.22. The maximum atomic E-state index is 7.38. The van der Waals surface area contributed by atoms with Crippen LogP contribution in [0.3, 0.4) is 0 Å². The summed E-state index contributed by atoms with van der Waals surface area (Å²) in [5.74, 6) is 1.90. The van der Waals surface area contributed by atoms with Crippen molar-refractivity contribution in [2.75, 3.05) is 0 Å². The zero-order valence-corrected chi connectivity index (χ0v) is 11.7. The van der Waals surface area contributed by atoms with Crippen molar-refractivity contribution in [3.8, 4) is 0 Å². The number of benzene rings is 1. The Morgan fingerprint density at radius 1 is 1.21 bits per heavy atom. The van der Waals surface area contributed by atoms with Crippen LogP contribution >= 0.6 is 11.8 Å². The molecule has 2 rings (SSSR count). The van der Waals surface area contributed by atoms with Crippen molar-refractivity contribution >= 4 is 17.6 Å². The minimum atomic E-state index is 0.0190. The Morgan fingerprint density at radius 2 is 1.95 bits per heavy atom. The molecule has 0 amide bonds. The fourth-order valence-electron chi connectivity index (χ4n) is 1.80. The smallest absolute Gasteiger partial charge is 0.141 e. The van der Waals surface area contributed by atoms with E-state index in [9.17, 15) is 0 Å². The fourth-order valence-corrected chi connectivity index (χ4v) is 2.73. The van der Waals surface area contributed by atoms with Crippen molar-refractivity contribution < 1.29 is 0 Å². The number of nitrogens with one attached hydrogen (secondary N) is 1. The Labute approximate surface area is 117 Å². The van der Waals surface area contributed by atoms with Gasteiger partial charge in [0, 0.05) is 17.7 Å². The minimum Gasteiger partial charge on any atom is -0.382 e. The van der Waals surface area contributed by atoms with Gasteiger partial charge in [-0.15, -0.1) is 0 Å². The summed E-state index contributed by atoms with van der Waals surface area (Å²) in [5.41, 5.74) is 9.76. The number of aromatic nitrogens is 1. The normalized spacial score (nSPS) is 10.4. The Hall–Kier alpha value is -1.81. The molecule has 0 atom stereocenters. The molecule has 0 aliphatic carbocycles. The summed E-state index contributed by atoms with van der Waals surface area (Å²) in [7, 11) is 0. The van der Waals surface area contributed by atoms with E-state index in [4.69, 9.17) is 11.1 Å². The predicted octanol–water partition coefficient (Wildman–Crippen LogP) is 3.11. The number of rotatable bonds is 5. The second kappa shape index (κ2) is 6.38. The first-order valence-electron chi connectivity index (χ1n) is 6.08. The summed E-state index contributed by atoms with van der Waals surface area (Å²) in [6.45, 7) is 2.11. The molecule has 0 saturated heterocycles. The number of nitrogens with two attached hydrogens (primary N) is 1. The Balaban J connectivity index is 1.92. The molecule has 0 unspecified atom stereocenters. The van der Waals surface area contributed by atoms with E-state index in [0.717, 1.165) is 17.1 Å². The lowest BCUT2D eigenvalue weighted by Gasteiger charge is -2.05. The second-order valence-electron chi connectivity index (χ2n) is 4.44. The van der Waals surface area contributed by atoms with Crippen LogP contribution in [0.1, 0.15) is 22.4 Å². The third kappa shape index (κ3) is 4.10.